The van der Waals surface area contributed by atoms with Crippen molar-refractivity contribution in [2.75, 3.05) is 11.9 Å². The van der Waals surface area contributed by atoms with Gasteiger partial charge in [-0.15, -0.1) is 0 Å². The fourth-order valence-corrected chi connectivity index (χ4v) is 2.48. The van der Waals surface area contributed by atoms with E-state index in [2.05, 4.69) is 38.2 Å². The highest BCUT2D eigenvalue weighted by atomic mass is 16.1. The lowest BCUT2D eigenvalue weighted by molar-refractivity contribution is -0.120. The number of benzene rings is 1. The minimum Gasteiger partial charge on any atom is -0.330 e. The fourth-order valence-electron chi connectivity index (χ4n) is 2.48. The van der Waals surface area contributed by atoms with Gasteiger partial charge in [-0.25, -0.2) is 0 Å². The highest BCUT2D eigenvalue weighted by Crippen LogP contribution is 2.23. The molecule has 0 aliphatic rings. The van der Waals surface area contributed by atoms with E-state index >= 15 is 0 Å². The molecule has 1 atom stereocenters. The molecule has 106 valence electrons. The summed E-state index contributed by atoms with van der Waals surface area (Å²) in [4.78, 5) is 12.3. The van der Waals surface area contributed by atoms with Gasteiger partial charge in [0.05, 0.1) is 5.92 Å². The van der Waals surface area contributed by atoms with E-state index in [1.807, 2.05) is 13.8 Å². The summed E-state index contributed by atoms with van der Waals surface area (Å²) in [5, 5.41) is 3.04. The van der Waals surface area contributed by atoms with Crippen molar-refractivity contribution in [2.45, 2.75) is 41.0 Å². The van der Waals surface area contributed by atoms with Crippen LogP contribution in [0.1, 0.15) is 37.0 Å². The number of anilines is 1. The van der Waals surface area contributed by atoms with Gasteiger partial charge < -0.3 is 11.1 Å². The molecule has 1 unspecified atom stereocenters. The normalized spacial score (nSPS) is 12.6. The topological polar surface area (TPSA) is 55.1 Å². The van der Waals surface area contributed by atoms with Crippen LogP contribution in [0.5, 0.6) is 0 Å². The van der Waals surface area contributed by atoms with Gasteiger partial charge in [-0.1, -0.05) is 31.5 Å². The molecule has 0 bridgehead atoms. The van der Waals surface area contributed by atoms with Gasteiger partial charge in [-0.3, -0.25) is 4.79 Å². The molecule has 0 aliphatic carbocycles. The number of carbonyl (C=O) groups is 1. The van der Waals surface area contributed by atoms with E-state index in [1.165, 1.54) is 5.56 Å². The second kappa shape index (κ2) is 6.71. The maximum atomic E-state index is 12.3. The first-order chi connectivity index (χ1) is 8.85. The predicted octanol–water partition coefficient (Wildman–Crippen LogP) is 3.17. The molecule has 0 saturated carbocycles. The highest BCUT2D eigenvalue weighted by molar-refractivity contribution is 5.94. The Hall–Kier alpha value is -1.35. The minimum absolute atomic E-state index is 0.0336. The third-order valence-corrected chi connectivity index (χ3v) is 3.34. The summed E-state index contributed by atoms with van der Waals surface area (Å²) < 4.78 is 0. The summed E-state index contributed by atoms with van der Waals surface area (Å²) in [5.41, 5.74) is 10.1. The van der Waals surface area contributed by atoms with Gasteiger partial charge in [-0.2, -0.15) is 0 Å². The van der Waals surface area contributed by atoms with Crippen LogP contribution in [-0.4, -0.2) is 12.5 Å². The van der Waals surface area contributed by atoms with Gasteiger partial charge in [0.2, 0.25) is 5.91 Å². The number of amides is 1. The van der Waals surface area contributed by atoms with Crippen molar-refractivity contribution < 1.29 is 4.79 Å². The summed E-state index contributed by atoms with van der Waals surface area (Å²) in [7, 11) is 0. The van der Waals surface area contributed by atoms with E-state index in [4.69, 9.17) is 5.73 Å². The standard InChI is InChI=1S/C16H26N2O/c1-10(2)6-14(9-17)16(19)18-15-12(4)7-11(3)8-13(15)5/h7-8,10,14H,6,9,17H2,1-5H3,(H,18,19). The lowest BCUT2D eigenvalue weighted by Crippen LogP contribution is -2.30. The Morgan fingerprint density at radius 1 is 1.21 bits per heavy atom. The molecule has 0 radical (unpaired) electrons. The second-order valence-electron chi connectivity index (χ2n) is 5.83. The van der Waals surface area contributed by atoms with E-state index in [1.54, 1.807) is 0 Å². The molecule has 0 aliphatic heterocycles. The Balaban J connectivity index is 2.87. The molecule has 19 heavy (non-hydrogen) atoms. The molecule has 1 rings (SSSR count). The molecule has 3 heteroatoms. The average Bonchev–Trinajstić information content (AvgIpc) is 2.30. The molecule has 0 fully saturated rings. The molecule has 3 N–H and O–H groups in total. The summed E-state index contributed by atoms with van der Waals surface area (Å²) >= 11 is 0. The molecule has 1 aromatic rings. The van der Waals surface area contributed by atoms with E-state index in [0.717, 1.165) is 23.2 Å². The van der Waals surface area contributed by atoms with Crippen molar-refractivity contribution in [3.05, 3.63) is 28.8 Å². The number of nitrogens with one attached hydrogen (secondary N) is 1. The first-order valence-corrected chi connectivity index (χ1v) is 6.94. The zero-order chi connectivity index (χ0) is 14.6. The number of aryl methyl sites for hydroxylation is 3. The molecular formula is C16H26N2O. The number of nitrogens with two attached hydrogens (primary N) is 1. The molecule has 3 nitrogen and oxygen atoms in total. The third-order valence-electron chi connectivity index (χ3n) is 3.34. The van der Waals surface area contributed by atoms with Crippen LogP contribution in [0.25, 0.3) is 0 Å². The molecule has 0 spiro atoms. The van der Waals surface area contributed by atoms with Crippen molar-refractivity contribution in [3.63, 3.8) is 0 Å². The van der Waals surface area contributed by atoms with Crippen molar-refractivity contribution in [3.8, 4) is 0 Å². The maximum Gasteiger partial charge on any atom is 0.228 e. The van der Waals surface area contributed by atoms with Gasteiger partial charge in [0.25, 0.3) is 0 Å². The maximum absolute atomic E-state index is 12.3. The molecule has 1 amide bonds. The van der Waals surface area contributed by atoms with Crippen molar-refractivity contribution >= 4 is 11.6 Å². The zero-order valence-corrected chi connectivity index (χ0v) is 12.7. The van der Waals surface area contributed by atoms with Crippen LogP contribution in [0.3, 0.4) is 0 Å². The van der Waals surface area contributed by atoms with E-state index in [-0.39, 0.29) is 11.8 Å². The molecular weight excluding hydrogens is 236 g/mol. The lowest BCUT2D eigenvalue weighted by Gasteiger charge is -2.19. The van der Waals surface area contributed by atoms with Crippen LogP contribution in [-0.2, 0) is 4.79 Å². The van der Waals surface area contributed by atoms with E-state index < -0.39 is 0 Å². The molecule has 0 saturated heterocycles. The summed E-state index contributed by atoms with van der Waals surface area (Å²) in [6.45, 7) is 10.7. The zero-order valence-electron chi connectivity index (χ0n) is 12.7. The Morgan fingerprint density at radius 2 is 1.74 bits per heavy atom. The highest BCUT2D eigenvalue weighted by Gasteiger charge is 2.19. The van der Waals surface area contributed by atoms with Crippen molar-refractivity contribution in [1.29, 1.82) is 0 Å². The minimum atomic E-state index is -0.111. The molecule has 0 heterocycles. The Kier molecular flexibility index (Phi) is 5.55. The summed E-state index contributed by atoms with van der Waals surface area (Å²) in [6.07, 6.45) is 0.826. The molecule has 1 aromatic carbocycles. The fraction of sp³-hybridized carbons (Fsp3) is 0.562. The first-order valence-electron chi connectivity index (χ1n) is 6.94. The average molecular weight is 262 g/mol. The predicted molar refractivity (Wildman–Crippen MR) is 81.3 cm³/mol. The first kappa shape index (κ1) is 15.7. The summed E-state index contributed by atoms with van der Waals surface area (Å²) in [6, 6.07) is 4.17. The lowest BCUT2D eigenvalue weighted by atomic mass is 9.96. The van der Waals surface area contributed by atoms with Crippen LogP contribution in [0.15, 0.2) is 12.1 Å². The molecule has 0 aromatic heterocycles. The Labute approximate surface area is 116 Å². The number of carbonyl (C=O) groups excluding carboxylic acids is 1. The van der Waals surface area contributed by atoms with Crippen molar-refractivity contribution in [2.24, 2.45) is 17.6 Å². The van der Waals surface area contributed by atoms with Crippen LogP contribution >= 0.6 is 0 Å². The van der Waals surface area contributed by atoms with Gasteiger partial charge in [-0.05, 0) is 44.2 Å². The van der Waals surface area contributed by atoms with Gasteiger partial charge in [0.15, 0.2) is 0 Å². The Bertz CT molecular complexity index is 429. The van der Waals surface area contributed by atoms with Crippen LogP contribution in [0.2, 0.25) is 0 Å². The Morgan fingerprint density at radius 3 is 2.16 bits per heavy atom. The van der Waals surface area contributed by atoms with E-state index in [0.29, 0.717) is 12.5 Å². The van der Waals surface area contributed by atoms with Crippen LogP contribution in [0.4, 0.5) is 5.69 Å². The van der Waals surface area contributed by atoms with E-state index in [9.17, 15) is 4.79 Å². The smallest absolute Gasteiger partial charge is 0.228 e. The monoisotopic (exact) mass is 262 g/mol. The number of rotatable bonds is 5. The SMILES string of the molecule is Cc1cc(C)c(NC(=O)C(CN)CC(C)C)c(C)c1. The number of hydrogen-bond donors (Lipinski definition) is 2. The quantitative estimate of drug-likeness (QED) is 0.856. The van der Waals surface area contributed by atoms with Crippen LogP contribution in [0, 0.1) is 32.6 Å². The largest absolute Gasteiger partial charge is 0.330 e. The van der Waals surface area contributed by atoms with Crippen LogP contribution < -0.4 is 11.1 Å². The van der Waals surface area contributed by atoms with Gasteiger partial charge >= 0.3 is 0 Å². The third kappa shape index (κ3) is 4.35. The summed E-state index contributed by atoms with van der Waals surface area (Å²) in [5.74, 6) is 0.394. The second-order valence-corrected chi connectivity index (χ2v) is 5.83. The van der Waals surface area contributed by atoms with Crippen molar-refractivity contribution in [1.82, 2.24) is 0 Å². The van der Waals surface area contributed by atoms with Gasteiger partial charge in [0.1, 0.15) is 0 Å². The van der Waals surface area contributed by atoms with Gasteiger partial charge in [0, 0.05) is 12.2 Å². The number of hydrogen-bond acceptors (Lipinski definition) is 2.